The summed E-state index contributed by atoms with van der Waals surface area (Å²) in [5.41, 5.74) is 0. The van der Waals surface area contributed by atoms with Crippen molar-refractivity contribution in [3.63, 3.8) is 0 Å². The van der Waals surface area contributed by atoms with Gasteiger partial charge in [-0.15, -0.1) is 10.2 Å². The molecule has 4 rings (SSSR count). The van der Waals surface area contributed by atoms with Gasteiger partial charge in [0.15, 0.2) is 11.5 Å². The van der Waals surface area contributed by atoms with E-state index in [0.717, 1.165) is 0 Å². The summed E-state index contributed by atoms with van der Waals surface area (Å²) in [6.07, 6.45) is 0. The molecule has 0 atom stereocenters. The van der Waals surface area contributed by atoms with Crippen LogP contribution in [0.2, 0.25) is 0 Å². The molecule has 0 radical (unpaired) electrons. The lowest BCUT2D eigenvalue weighted by Gasteiger charge is -2.33. The minimum Gasteiger partial charge on any atom is -0.454 e. The summed E-state index contributed by atoms with van der Waals surface area (Å²) in [6, 6.07) is 4.71. The van der Waals surface area contributed by atoms with Crippen LogP contribution in [0.15, 0.2) is 27.5 Å². The van der Waals surface area contributed by atoms with Crippen molar-refractivity contribution in [2.24, 2.45) is 0 Å². The zero-order valence-corrected chi connectivity index (χ0v) is 16.1. The number of hydrogen-bond acceptors (Lipinski definition) is 8. The van der Waals surface area contributed by atoms with Gasteiger partial charge in [-0.3, -0.25) is 4.90 Å². The van der Waals surface area contributed by atoms with Crippen LogP contribution in [0.4, 0.5) is 0 Å². The lowest BCUT2D eigenvalue weighted by Crippen LogP contribution is -2.48. The molecule has 0 amide bonds. The molecule has 27 heavy (non-hydrogen) atoms. The average molecular weight is 394 g/mol. The number of fused-ring (bicyclic) bond motifs is 1. The average Bonchev–Trinajstić information content (AvgIpc) is 3.30. The van der Waals surface area contributed by atoms with Gasteiger partial charge in [0.25, 0.3) is 0 Å². The molecule has 1 saturated heterocycles. The Labute approximate surface area is 157 Å². The summed E-state index contributed by atoms with van der Waals surface area (Å²) in [4.78, 5) is 2.34. The number of rotatable bonds is 5. The largest absolute Gasteiger partial charge is 0.454 e. The van der Waals surface area contributed by atoms with Gasteiger partial charge in [-0.1, -0.05) is 13.8 Å². The summed E-state index contributed by atoms with van der Waals surface area (Å²) < 4.78 is 43.5. The summed E-state index contributed by atoms with van der Waals surface area (Å²) in [7, 11) is -3.57. The number of aromatic nitrogens is 2. The minimum atomic E-state index is -3.57. The van der Waals surface area contributed by atoms with Crippen LogP contribution in [0.1, 0.15) is 31.5 Å². The normalized spacial score (nSPS) is 18.3. The lowest BCUT2D eigenvalue weighted by molar-refractivity contribution is 0.167. The van der Waals surface area contributed by atoms with Gasteiger partial charge in [-0.25, -0.2) is 8.42 Å². The van der Waals surface area contributed by atoms with Gasteiger partial charge in [-0.2, -0.15) is 4.31 Å². The number of piperazine rings is 1. The van der Waals surface area contributed by atoms with Gasteiger partial charge >= 0.3 is 0 Å². The molecular formula is C17H22N4O5S. The molecule has 2 aromatic rings. The molecule has 1 fully saturated rings. The molecule has 10 heteroatoms. The fourth-order valence-corrected chi connectivity index (χ4v) is 4.51. The SMILES string of the molecule is CC(C)c1nnc(CN2CCN(S(=O)(=O)c3ccc4c(c3)OCO4)CC2)o1. The third-order valence-electron chi connectivity index (χ3n) is 4.65. The number of benzene rings is 1. The van der Waals surface area contributed by atoms with E-state index in [0.29, 0.717) is 56.0 Å². The first-order valence-corrected chi connectivity index (χ1v) is 10.3. The molecule has 9 nitrogen and oxygen atoms in total. The van der Waals surface area contributed by atoms with E-state index in [4.69, 9.17) is 13.9 Å². The highest BCUT2D eigenvalue weighted by molar-refractivity contribution is 7.89. The number of nitrogens with zero attached hydrogens (tertiary/aromatic N) is 4. The van der Waals surface area contributed by atoms with Crippen LogP contribution in [-0.4, -0.2) is 60.8 Å². The van der Waals surface area contributed by atoms with Crippen LogP contribution >= 0.6 is 0 Å². The zero-order valence-electron chi connectivity index (χ0n) is 15.3. The van der Waals surface area contributed by atoms with E-state index in [-0.39, 0.29) is 17.6 Å². The van der Waals surface area contributed by atoms with Crippen LogP contribution in [-0.2, 0) is 16.6 Å². The highest BCUT2D eigenvalue weighted by Crippen LogP contribution is 2.34. The maximum atomic E-state index is 12.9. The molecule has 0 unspecified atom stereocenters. The summed E-state index contributed by atoms with van der Waals surface area (Å²) in [5.74, 6) is 2.40. The van der Waals surface area contributed by atoms with E-state index < -0.39 is 10.0 Å². The summed E-state index contributed by atoms with van der Waals surface area (Å²) in [5, 5.41) is 8.10. The quantitative estimate of drug-likeness (QED) is 0.751. The zero-order chi connectivity index (χ0) is 19.0. The van der Waals surface area contributed by atoms with Gasteiger partial charge in [0, 0.05) is 38.2 Å². The van der Waals surface area contributed by atoms with Gasteiger partial charge in [0.05, 0.1) is 11.4 Å². The predicted octanol–water partition coefficient (Wildman–Crippen LogP) is 1.43. The van der Waals surface area contributed by atoms with Crippen molar-refractivity contribution in [2.75, 3.05) is 33.0 Å². The first kappa shape index (κ1) is 18.2. The molecule has 0 spiro atoms. The Morgan fingerprint density at radius 3 is 2.52 bits per heavy atom. The Balaban J connectivity index is 1.39. The van der Waals surface area contributed by atoms with E-state index in [9.17, 15) is 8.42 Å². The van der Waals surface area contributed by atoms with Crippen LogP contribution in [0, 0.1) is 0 Å². The Morgan fingerprint density at radius 1 is 1.07 bits per heavy atom. The van der Waals surface area contributed by atoms with Crippen molar-refractivity contribution in [3.05, 3.63) is 30.0 Å². The van der Waals surface area contributed by atoms with Crippen LogP contribution in [0.3, 0.4) is 0 Å². The molecule has 0 N–H and O–H groups in total. The summed E-state index contributed by atoms with van der Waals surface area (Å²) in [6.45, 7) is 6.65. The highest BCUT2D eigenvalue weighted by Gasteiger charge is 2.30. The van der Waals surface area contributed by atoms with E-state index >= 15 is 0 Å². The second kappa shape index (κ2) is 7.10. The van der Waals surface area contributed by atoms with Crippen molar-refractivity contribution >= 4 is 10.0 Å². The molecule has 1 aromatic carbocycles. The topological polar surface area (TPSA) is 98.0 Å². The molecule has 2 aliphatic rings. The molecular weight excluding hydrogens is 372 g/mol. The Hall–Kier alpha value is -2.17. The second-order valence-electron chi connectivity index (χ2n) is 6.88. The Bertz CT molecular complexity index is 919. The minimum absolute atomic E-state index is 0.117. The van der Waals surface area contributed by atoms with E-state index in [1.165, 1.54) is 10.4 Å². The highest BCUT2D eigenvalue weighted by atomic mass is 32.2. The van der Waals surface area contributed by atoms with Crippen molar-refractivity contribution in [1.82, 2.24) is 19.4 Å². The smallest absolute Gasteiger partial charge is 0.243 e. The molecule has 0 bridgehead atoms. The van der Waals surface area contributed by atoms with Crippen molar-refractivity contribution in [1.29, 1.82) is 0 Å². The van der Waals surface area contributed by atoms with Crippen LogP contribution in [0.5, 0.6) is 11.5 Å². The predicted molar refractivity (Wildman–Crippen MR) is 95.0 cm³/mol. The van der Waals surface area contributed by atoms with E-state index in [1.54, 1.807) is 12.1 Å². The van der Waals surface area contributed by atoms with Crippen molar-refractivity contribution in [2.45, 2.75) is 31.2 Å². The molecule has 1 aromatic heterocycles. The maximum Gasteiger partial charge on any atom is 0.243 e. The van der Waals surface area contributed by atoms with Gasteiger partial charge in [0.1, 0.15) is 0 Å². The first-order chi connectivity index (χ1) is 12.9. The lowest BCUT2D eigenvalue weighted by atomic mass is 10.2. The standard InChI is InChI=1S/C17H22N4O5S/c1-12(2)17-19-18-16(26-17)10-20-5-7-21(8-6-20)27(22,23)13-3-4-14-15(9-13)25-11-24-14/h3-4,9,12H,5-8,10-11H2,1-2H3. The summed E-state index contributed by atoms with van der Waals surface area (Å²) >= 11 is 0. The monoisotopic (exact) mass is 394 g/mol. The maximum absolute atomic E-state index is 12.9. The molecule has 3 heterocycles. The third-order valence-corrected chi connectivity index (χ3v) is 6.54. The van der Waals surface area contributed by atoms with E-state index in [1.807, 2.05) is 13.8 Å². The number of ether oxygens (including phenoxy) is 2. The van der Waals surface area contributed by atoms with Gasteiger partial charge in [-0.05, 0) is 12.1 Å². The molecule has 146 valence electrons. The molecule has 0 aliphatic carbocycles. The first-order valence-electron chi connectivity index (χ1n) is 8.88. The van der Waals surface area contributed by atoms with Crippen molar-refractivity contribution in [3.8, 4) is 11.5 Å². The van der Waals surface area contributed by atoms with Crippen LogP contribution in [0.25, 0.3) is 0 Å². The van der Waals surface area contributed by atoms with Gasteiger partial charge < -0.3 is 13.9 Å². The fourth-order valence-electron chi connectivity index (χ4n) is 3.07. The molecule has 0 saturated carbocycles. The number of sulfonamides is 1. The van der Waals surface area contributed by atoms with E-state index in [2.05, 4.69) is 15.1 Å². The third kappa shape index (κ3) is 3.64. The van der Waals surface area contributed by atoms with Crippen molar-refractivity contribution < 1.29 is 22.3 Å². The fraction of sp³-hybridized carbons (Fsp3) is 0.529. The Kier molecular flexibility index (Phi) is 4.79. The number of hydrogen-bond donors (Lipinski definition) is 0. The molecule has 2 aliphatic heterocycles. The second-order valence-corrected chi connectivity index (χ2v) is 8.82. The Morgan fingerprint density at radius 2 is 1.81 bits per heavy atom. The van der Waals surface area contributed by atoms with Gasteiger partial charge in [0.2, 0.25) is 28.6 Å². The van der Waals surface area contributed by atoms with Crippen LogP contribution < -0.4 is 9.47 Å².